The van der Waals surface area contributed by atoms with Crippen LogP contribution in [0.3, 0.4) is 0 Å². The quantitative estimate of drug-likeness (QED) is 0.595. The van der Waals surface area contributed by atoms with Crippen molar-refractivity contribution < 1.29 is 14.7 Å². The van der Waals surface area contributed by atoms with Crippen LogP contribution in [0.4, 0.5) is 0 Å². The molecule has 1 aromatic carbocycles. The van der Waals surface area contributed by atoms with Crippen LogP contribution in [0.2, 0.25) is 0 Å². The highest BCUT2D eigenvalue weighted by atomic mass is 16.3. The number of benzene rings is 1. The second kappa shape index (κ2) is 4.59. The van der Waals surface area contributed by atoms with E-state index in [9.17, 15) is 14.7 Å². The fraction of sp³-hybridized carbons (Fsp3) is 0.273. The van der Waals surface area contributed by atoms with Gasteiger partial charge in [-0.1, -0.05) is 12.1 Å². The van der Waals surface area contributed by atoms with E-state index in [1.54, 1.807) is 26.2 Å². The molecule has 1 rings (SSSR count). The highest BCUT2D eigenvalue weighted by Gasteiger charge is 2.15. The normalized spacial score (nSPS) is 9.73. The van der Waals surface area contributed by atoms with Crippen molar-refractivity contribution >= 4 is 11.7 Å². The predicted octanol–water partition coefficient (Wildman–Crippen LogP) is 1.05. The van der Waals surface area contributed by atoms with E-state index >= 15 is 0 Å². The van der Waals surface area contributed by atoms with Gasteiger partial charge >= 0.3 is 0 Å². The van der Waals surface area contributed by atoms with Crippen molar-refractivity contribution in [1.82, 2.24) is 4.90 Å². The Kier molecular flexibility index (Phi) is 3.44. The van der Waals surface area contributed by atoms with Crippen LogP contribution >= 0.6 is 0 Å². The van der Waals surface area contributed by atoms with Gasteiger partial charge in [-0.2, -0.15) is 0 Å². The minimum absolute atomic E-state index is 0.0888. The first-order chi connectivity index (χ1) is 7.02. The van der Waals surface area contributed by atoms with Crippen molar-refractivity contribution in [3.63, 3.8) is 0 Å². The number of Topliss-reactive ketones (excluding diaryl/α,β-unsaturated/α-hetero) is 1. The number of phenolic OH excluding ortho intramolecular Hbond substituents is 1. The second-order valence-electron chi connectivity index (χ2n) is 3.41. The second-order valence-corrected chi connectivity index (χ2v) is 3.41. The Labute approximate surface area is 88.1 Å². The molecule has 1 N–H and O–H groups in total. The maximum Gasteiger partial charge on any atom is 0.229 e. The minimum Gasteiger partial charge on any atom is -0.507 e. The molecule has 0 atom stereocenters. The Balaban J connectivity index is 2.79. The lowest BCUT2D eigenvalue weighted by molar-refractivity contribution is -0.127. The molecule has 0 aliphatic carbocycles. The largest absolute Gasteiger partial charge is 0.507 e. The van der Waals surface area contributed by atoms with E-state index in [0.717, 1.165) is 0 Å². The zero-order valence-electron chi connectivity index (χ0n) is 8.73. The van der Waals surface area contributed by atoms with Crippen molar-refractivity contribution in [2.75, 3.05) is 14.1 Å². The van der Waals surface area contributed by atoms with Crippen LogP contribution in [0.25, 0.3) is 0 Å². The van der Waals surface area contributed by atoms with Crippen LogP contribution in [0.1, 0.15) is 16.8 Å². The molecule has 0 aliphatic heterocycles. The lowest BCUT2D eigenvalue weighted by Gasteiger charge is -2.09. The lowest BCUT2D eigenvalue weighted by atomic mass is 10.1. The number of carbonyl (C=O) groups excluding carboxylic acids is 2. The van der Waals surface area contributed by atoms with Gasteiger partial charge in [-0.25, -0.2) is 0 Å². The van der Waals surface area contributed by atoms with Gasteiger partial charge in [0.05, 0.1) is 12.0 Å². The van der Waals surface area contributed by atoms with Gasteiger partial charge in [-0.3, -0.25) is 9.59 Å². The molecule has 15 heavy (non-hydrogen) atoms. The first kappa shape index (κ1) is 11.2. The summed E-state index contributed by atoms with van der Waals surface area (Å²) in [5, 5.41) is 9.39. The average molecular weight is 207 g/mol. The molecular weight excluding hydrogens is 194 g/mol. The highest BCUT2D eigenvalue weighted by molar-refractivity contribution is 6.08. The van der Waals surface area contributed by atoms with E-state index in [1.165, 1.54) is 17.0 Å². The predicted molar refractivity (Wildman–Crippen MR) is 55.7 cm³/mol. The number of aromatic hydroxyl groups is 1. The van der Waals surface area contributed by atoms with Crippen molar-refractivity contribution in [1.29, 1.82) is 0 Å². The zero-order valence-corrected chi connectivity index (χ0v) is 8.73. The molecular formula is C11H13NO3. The third-order valence-electron chi connectivity index (χ3n) is 2.02. The zero-order chi connectivity index (χ0) is 11.4. The molecule has 4 heteroatoms. The third kappa shape index (κ3) is 2.80. The lowest BCUT2D eigenvalue weighted by Crippen LogP contribution is -2.24. The van der Waals surface area contributed by atoms with Gasteiger partial charge in [0.25, 0.3) is 0 Å². The Morgan fingerprint density at radius 3 is 2.40 bits per heavy atom. The monoisotopic (exact) mass is 207 g/mol. The molecule has 4 nitrogen and oxygen atoms in total. The van der Waals surface area contributed by atoms with Gasteiger partial charge in [0.2, 0.25) is 5.91 Å². The molecule has 0 saturated heterocycles. The topological polar surface area (TPSA) is 57.6 Å². The SMILES string of the molecule is CN(C)C(=O)CC(=O)c1ccccc1O. The summed E-state index contributed by atoms with van der Waals surface area (Å²) in [5.41, 5.74) is 0.188. The number of phenols is 1. The Bertz CT molecular complexity index is 385. The van der Waals surface area contributed by atoms with Gasteiger partial charge in [0, 0.05) is 14.1 Å². The van der Waals surface area contributed by atoms with Crippen molar-refractivity contribution in [2.45, 2.75) is 6.42 Å². The summed E-state index contributed by atoms with van der Waals surface area (Å²) >= 11 is 0. The van der Waals surface area contributed by atoms with E-state index in [0.29, 0.717) is 0 Å². The standard InChI is InChI=1S/C11H13NO3/c1-12(2)11(15)7-10(14)8-5-3-4-6-9(8)13/h3-6,13H,7H2,1-2H3. The number of ketones is 1. The van der Waals surface area contributed by atoms with Crippen LogP contribution in [0, 0.1) is 0 Å². The van der Waals surface area contributed by atoms with Crippen LogP contribution in [-0.4, -0.2) is 35.8 Å². The van der Waals surface area contributed by atoms with Crippen LogP contribution < -0.4 is 0 Å². The van der Waals surface area contributed by atoms with E-state index < -0.39 is 0 Å². The molecule has 0 saturated carbocycles. The fourth-order valence-electron chi connectivity index (χ4n) is 1.10. The van der Waals surface area contributed by atoms with Crippen molar-refractivity contribution in [2.24, 2.45) is 0 Å². The van der Waals surface area contributed by atoms with Crippen molar-refractivity contribution in [3.05, 3.63) is 29.8 Å². The molecule has 0 unspecified atom stereocenters. The molecule has 0 fully saturated rings. The van der Waals surface area contributed by atoms with Crippen LogP contribution in [0.15, 0.2) is 24.3 Å². The van der Waals surface area contributed by atoms with Gasteiger partial charge in [-0.15, -0.1) is 0 Å². The molecule has 0 aliphatic rings. The first-order valence-corrected chi connectivity index (χ1v) is 4.53. The first-order valence-electron chi connectivity index (χ1n) is 4.53. The van der Waals surface area contributed by atoms with Gasteiger partial charge < -0.3 is 10.0 Å². The number of rotatable bonds is 3. The van der Waals surface area contributed by atoms with E-state index in [-0.39, 0.29) is 29.4 Å². The third-order valence-corrected chi connectivity index (χ3v) is 2.02. The Morgan fingerprint density at radius 1 is 1.27 bits per heavy atom. The number of carbonyl (C=O) groups is 2. The van der Waals surface area contributed by atoms with Gasteiger partial charge in [0.15, 0.2) is 5.78 Å². The number of hydrogen-bond donors (Lipinski definition) is 1. The minimum atomic E-state index is -0.369. The molecule has 0 aromatic heterocycles. The van der Waals surface area contributed by atoms with Crippen LogP contribution in [-0.2, 0) is 4.79 Å². The summed E-state index contributed by atoms with van der Waals surface area (Å²) in [5.74, 6) is -0.732. The van der Waals surface area contributed by atoms with Gasteiger partial charge in [-0.05, 0) is 12.1 Å². The molecule has 0 radical (unpaired) electrons. The summed E-state index contributed by atoms with van der Waals surface area (Å²) in [6, 6.07) is 6.20. The maximum absolute atomic E-state index is 11.6. The summed E-state index contributed by atoms with van der Waals surface area (Å²) in [6.07, 6.45) is -0.218. The van der Waals surface area contributed by atoms with E-state index in [2.05, 4.69) is 0 Å². The molecule has 0 spiro atoms. The summed E-state index contributed by atoms with van der Waals surface area (Å²) < 4.78 is 0. The van der Waals surface area contributed by atoms with E-state index in [1.807, 2.05) is 0 Å². The summed E-state index contributed by atoms with van der Waals surface area (Å²) in [7, 11) is 3.17. The molecule has 1 amide bonds. The molecule has 0 bridgehead atoms. The molecule has 0 heterocycles. The maximum atomic E-state index is 11.6. The van der Waals surface area contributed by atoms with Crippen LogP contribution in [0.5, 0.6) is 5.75 Å². The highest BCUT2D eigenvalue weighted by Crippen LogP contribution is 2.17. The smallest absolute Gasteiger partial charge is 0.229 e. The number of para-hydroxylation sites is 1. The Hall–Kier alpha value is -1.84. The van der Waals surface area contributed by atoms with Gasteiger partial charge in [0.1, 0.15) is 5.75 Å². The molecule has 80 valence electrons. The summed E-state index contributed by atoms with van der Waals surface area (Å²) in [6.45, 7) is 0. The summed E-state index contributed by atoms with van der Waals surface area (Å²) in [4.78, 5) is 24.2. The number of nitrogens with zero attached hydrogens (tertiary/aromatic N) is 1. The Morgan fingerprint density at radius 2 is 1.87 bits per heavy atom. The molecule has 1 aromatic rings. The van der Waals surface area contributed by atoms with Crippen molar-refractivity contribution in [3.8, 4) is 5.75 Å². The number of hydrogen-bond acceptors (Lipinski definition) is 3. The fourth-order valence-corrected chi connectivity index (χ4v) is 1.10. The van der Waals surface area contributed by atoms with E-state index in [4.69, 9.17) is 0 Å². The number of amides is 1. The average Bonchev–Trinajstić information content (AvgIpc) is 2.18.